The van der Waals surface area contributed by atoms with E-state index in [1.165, 1.54) is 32.4 Å². The van der Waals surface area contributed by atoms with Gasteiger partial charge in [0, 0.05) is 39.3 Å². The number of nitrogens with zero attached hydrogens (tertiary/aromatic N) is 3. The Hall–Kier alpha value is -1.50. The zero-order valence-corrected chi connectivity index (χ0v) is 18.4. The van der Waals surface area contributed by atoms with Crippen molar-refractivity contribution in [2.24, 2.45) is 10.9 Å². The Bertz CT molecular complexity index is 498. The highest BCUT2D eigenvalue weighted by atomic mass is 16.6. The van der Waals surface area contributed by atoms with Crippen LogP contribution in [-0.2, 0) is 4.74 Å². The number of rotatable bonds is 6. The number of carbonyl (C=O) groups excluding carboxylic acids is 1. The van der Waals surface area contributed by atoms with Gasteiger partial charge in [-0.3, -0.25) is 4.99 Å². The quantitative estimate of drug-likeness (QED) is 0.535. The summed E-state index contributed by atoms with van der Waals surface area (Å²) >= 11 is 0. The molecular formula is C21H41N5O2. The maximum atomic E-state index is 12.3. The van der Waals surface area contributed by atoms with Crippen molar-refractivity contribution in [1.29, 1.82) is 0 Å². The number of ether oxygens (including phenoxy) is 1. The summed E-state index contributed by atoms with van der Waals surface area (Å²) in [7, 11) is 0. The van der Waals surface area contributed by atoms with Gasteiger partial charge in [-0.15, -0.1) is 0 Å². The van der Waals surface area contributed by atoms with Crippen molar-refractivity contribution >= 4 is 12.1 Å². The van der Waals surface area contributed by atoms with E-state index in [0.29, 0.717) is 5.92 Å². The number of amides is 1. The van der Waals surface area contributed by atoms with Crippen LogP contribution in [-0.4, -0.2) is 79.8 Å². The third-order valence-corrected chi connectivity index (χ3v) is 5.19. The van der Waals surface area contributed by atoms with Crippen LogP contribution in [0, 0.1) is 5.92 Å². The van der Waals surface area contributed by atoms with Gasteiger partial charge in [-0.2, -0.15) is 0 Å². The first-order chi connectivity index (χ1) is 13.4. The van der Waals surface area contributed by atoms with E-state index in [9.17, 15) is 4.79 Å². The molecule has 0 aromatic carbocycles. The lowest BCUT2D eigenvalue weighted by molar-refractivity contribution is 0.0170. The van der Waals surface area contributed by atoms with Crippen molar-refractivity contribution in [3.05, 3.63) is 0 Å². The molecule has 2 aliphatic rings. The molecule has 0 radical (unpaired) electrons. The van der Waals surface area contributed by atoms with Crippen molar-refractivity contribution in [1.82, 2.24) is 20.4 Å². The maximum Gasteiger partial charge on any atom is 0.410 e. The zero-order valence-electron chi connectivity index (χ0n) is 18.4. The van der Waals surface area contributed by atoms with E-state index >= 15 is 0 Å². The predicted molar refractivity (Wildman–Crippen MR) is 115 cm³/mol. The Morgan fingerprint density at radius 3 is 2.54 bits per heavy atom. The van der Waals surface area contributed by atoms with E-state index < -0.39 is 5.60 Å². The second kappa shape index (κ2) is 11.5. The summed E-state index contributed by atoms with van der Waals surface area (Å²) in [6, 6.07) is 0. The first kappa shape index (κ1) is 22.8. The minimum atomic E-state index is -0.446. The third-order valence-electron chi connectivity index (χ3n) is 5.19. The molecule has 28 heavy (non-hydrogen) atoms. The van der Waals surface area contributed by atoms with Crippen LogP contribution in [0.1, 0.15) is 59.8 Å². The van der Waals surface area contributed by atoms with Gasteiger partial charge in [-0.05, 0) is 72.4 Å². The van der Waals surface area contributed by atoms with Crippen LogP contribution in [0.25, 0.3) is 0 Å². The summed E-state index contributed by atoms with van der Waals surface area (Å²) < 4.78 is 5.52. The molecule has 0 bridgehead atoms. The molecule has 7 nitrogen and oxygen atoms in total. The largest absolute Gasteiger partial charge is 0.444 e. The number of hydrogen-bond acceptors (Lipinski definition) is 4. The molecule has 0 aliphatic carbocycles. The lowest BCUT2D eigenvalue weighted by Gasteiger charge is -2.33. The van der Waals surface area contributed by atoms with Crippen LogP contribution in [0.4, 0.5) is 4.79 Å². The van der Waals surface area contributed by atoms with Crippen LogP contribution in [0.2, 0.25) is 0 Å². The van der Waals surface area contributed by atoms with Gasteiger partial charge in [0.05, 0.1) is 0 Å². The number of guanidine groups is 1. The van der Waals surface area contributed by atoms with Crippen molar-refractivity contribution in [2.45, 2.75) is 65.4 Å². The molecule has 162 valence electrons. The highest BCUT2D eigenvalue weighted by Crippen LogP contribution is 2.19. The molecule has 0 spiro atoms. The highest BCUT2D eigenvalue weighted by molar-refractivity contribution is 5.79. The average molecular weight is 396 g/mol. The lowest BCUT2D eigenvalue weighted by Crippen LogP contribution is -2.44. The molecule has 2 rings (SSSR count). The van der Waals surface area contributed by atoms with Crippen molar-refractivity contribution < 1.29 is 9.53 Å². The van der Waals surface area contributed by atoms with Crippen LogP contribution < -0.4 is 10.6 Å². The van der Waals surface area contributed by atoms with Gasteiger partial charge < -0.3 is 25.2 Å². The number of piperidine rings is 2. The fraction of sp³-hybridized carbons (Fsp3) is 0.905. The van der Waals surface area contributed by atoms with Crippen LogP contribution in [0.15, 0.2) is 4.99 Å². The summed E-state index contributed by atoms with van der Waals surface area (Å²) in [5.41, 5.74) is -0.446. The van der Waals surface area contributed by atoms with Gasteiger partial charge >= 0.3 is 6.09 Å². The van der Waals surface area contributed by atoms with Crippen LogP contribution >= 0.6 is 0 Å². The first-order valence-electron chi connectivity index (χ1n) is 11.1. The van der Waals surface area contributed by atoms with E-state index in [1.807, 2.05) is 25.7 Å². The molecule has 2 saturated heterocycles. The summed E-state index contributed by atoms with van der Waals surface area (Å²) in [6.07, 6.45) is 5.94. The normalized spacial score (nSPS) is 22.1. The Labute approximate surface area is 171 Å². The molecule has 0 saturated carbocycles. The fourth-order valence-electron chi connectivity index (χ4n) is 3.78. The van der Waals surface area contributed by atoms with Gasteiger partial charge in [0.1, 0.15) is 5.60 Å². The molecule has 0 aromatic rings. The molecule has 1 unspecified atom stereocenters. The Balaban J connectivity index is 1.77. The summed E-state index contributed by atoms with van der Waals surface area (Å²) in [5, 5.41) is 6.80. The minimum Gasteiger partial charge on any atom is -0.444 e. The molecule has 2 fully saturated rings. The molecule has 7 heteroatoms. The van der Waals surface area contributed by atoms with Crippen molar-refractivity contribution in [3.8, 4) is 0 Å². The second-order valence-corrected chi connectivity index (χ2v) is 8.98. The van der Waals surface area contributed by atoms with Crippen molar-refractivity contribution in [2.75, 3.05) is 52.4 Å². The number of carbonyl (C=O) groups is 1. The van der Waals surface area contributed by atoms with Crippen LogP contribution in [0.5, 0.6) is 0 Å². The molecule has 2 aliphatic heterocycles. The van der Waals surface area contributed by atoms with Gasteiger partial charge in [0.25, 0.3) is 0 Å². The van der Waals surface area contributed by atoms with E-state index in [0.717, 1.165) is 58.1 Å². The maximum absolute atomic E-state index is 12.3. The van der Waals surface area contributed by atoms with E-state index in [1.54, 1.807) is 0 Å². The number of aliphatic imine (C=N–C) groups is 1. The molecular weight excluding hydrogens is 354 g/mol. The number of hydrogen-bond donors (Lipinski definition) is 2. The molecule has 2 heterocycles. The van der Waals surface area contributed by atoms with Gasteiger partial charge in [-0.1, -0.05) is 6.42 Å². The molecule has 0 aromatic heterocycles. The lowest BCUT2D eigenvalue weighted by atomic mass is 9.98. The van der Waals surface area contributed by atoms with E-state index in [2.05, 4.69) is 22.5 Å². The summed E-state index contributed by atoms with van der Waals surface area (Å²) in [6.45, 7) is 15.3. The van der Waals surface area contributed by atoms with Crippen molar-refractivity contribution in [3.63, 3.8) is 0 Å². The Morgan fingerprint density at radius 1 is 1.11 bits per heavy atom. The highest BCUT2D eigenvalue weighted by Gasteiger charge is 2.27. The molecule has 1 amide bonds. The fourth-order valence-corrected chi connectivity index (χ4v) is 3.78. The SMILES string of the molecule is CCNC(=NCC1CCCN(C(=O)OC(C)(C)C)C1)NCCN1CCCCC1. The Morgan fingerprint density at radius 2 is 1.86 bits per heavy atom. The molecule has 1 atom stereocenters. The number of likely N-dealkylation sites (tertiary alicyclic amines) is 2. The first-order valence-corrected chi connectivity index (χ1v) is 11.1. The van der Waals surface area contributed by atoms with Gasteiger partial charge in [0.15, 0.2) is 5.96 Å². The molecule has 2 N–H and O–H groups in total. The topological polar surface area (TPSA) is 69.2 Å². The summed E-state index contributed by atoms with van der Waals surface area (Å²) in [4.78, 5) is 21.5. The van der Waals surface area contributed by atoms with E-state index in [-0.39, 0.29) is 6.09 Å². The van der Waals surface area contributed by atoms with E-state index in [4.69, 9.17) is 9.73 Å². The smallest absolute Gasteiger partial charge is 0.410 e. The standard InChI is InChI=1S/C21H41N5O2/c1-5-22-19(23-11-15-25-12-7-6-8-13-25)24-16-18-10-9-14-26(17-18)20(27)28-21(2,3)4/h18H,5-17H2,1-4H3,(H2,22,23,24). The monoisotopic (exact) mass is 395 g/mol. The number of nitrogens with one attached hydrogen (secondary N) is 2. The van der Waals surface area contributed by atoms with Gasteiger partial charge in [-0.25, -0.2) is 4.79 Å². The minimum absolute atomic E-state index is 0.201. The van der Waals surface area contributed by atoms with Crippen LogP contribution in [0.3, 0.4) is 0 Å². The zero-order chi connectivity index (χ0) is 20.4. The Kier molecular flexibility index (Phi) is 9.35. The average Bonchev–Trinajstić information content (AvgIpc) is 2.66. The predicted octanol–water partition coefficient (Wildman–Crippen LogP) is 2.67. The van der Waals surface area contributed by atoms with Gasteiger partial charge in [0.2, 0.25) is 0 Å². The second-order valence-electron chi connectivity index (χ2n) is 8.98. The third kappa shape index (κ3) is 8.67. The summed E-state index contributed by atoms with van der Waals surface area (Å²) in [5.74, 6) is 1.27.